The molecule has 23 heavy (non-hydrogen) atoms. The molecule has 1 atom stereocenters. The molecule has 1 N–H and O–H groups in total. The molecule has 0 fully saturated rings. The number of fused-ring (bicyclic) bond motifs is 1. The lowest BCUT2D eigenvalue weighted by Crippen LogP contribution is -2.11. The lowest BCUT2D eigenvalue weighted by Gasteiger charge is -2.15. The van der Waals surface area contributed by atoms with Gasteiger partial charge in [0.25, 0.3) is 0 Å². The first-order chi connectivity index (χ1) is 10.8. The summed E-state index contributed by atoms with van der Waals surface area (Å²) in [6.07, 6.45) is -0.420. The SMILES string of the molecule is C[P@](=O)(Nc1cccc(C(F)(F)F)c1)c1nc2c(s1)CCCC2. The summed E-state index contributed by atoms with van der Waals surface area (Å²) >= 11 is 1.41. The maximum atomic E-state index is 12.9. The van der Waals surface area contributed by atoms with Gasteiger partial charge in [-0.25, -0.2) is 4.98 Å². The van der Waals surface area contributed by atoms with E-state index in [9.17, 15) is 17.7 Å². The number of nitrogens with one attached hydrogen (secondary N) is 1. The Hall–Kier alpha value is -1.33. The lowest BCUT2D eigenvalue weighted by atomic mass is 10.0. The molecule has 0 amide bonds. The van der Waals surface area contributed by atoms with Gasteiger partial charge < -0.3 is 5.09 Å². The highest BCUT2D eigenvalue weighted by molar-refractivity contribution is 7.77. The van der Waals surface area contributed by atoms with Crippen LogP contribution in [0.4, 0.5) is 18.9 Å². The number of hydrogen-bond acceptors (Lipinski definition) is 3. The Morgan fingerprint density at radius 1 is 1.26 bits per heavy atom. The number of aromatic nitrogens is 1. The molecule has 8 heteroatoms. The second-order valence-corrected chi connectivity index (χ2v) is 9.57. The van der Waals surface area contributed by atoms with Crippen molar-refractivity contribution >= 4 is 29.1 Å². The van der Waals surface area contributed by atoms with Crippen LogP contribution in [-0.2, 0) is 23.6 Å². The maximum absolute atomic E-state index is 12.9. The molecule has 1 aliphatic carbocycles. The number of rotatable bonds is 3. The molecule has 3 nitrogen and oxygen atoms in total. The molecule has 2 aromatic rings. The first-order valence-electron chi connectivity index (χ1n) is 7.28. The number of nitrogens with zero attached hydrogens (tertiary/aromatic N) is 1. The van der Waals surface area contributed by atoms with E-state index in [1.54, 1.807) is 0 Å². The van der Waals surface area contributed by atoms with Crippen LogP contribution in [-0.4, -0.2) is 11.6 Å². The molecule has 0 bridgehead atoms. The highest BCUT2D eigenvalue weighted by Crippen LogP contribution is 2.43. The van der Waals surface area contributed by atoms with Crippen LogP contribution in [0.15, 0.2) is 24.3 Å². The Bertz CT molecular complexity index is 749. The quantitative estimate of drug-likeness (QED) is 0.808. The third-order valence-corrected chi connectivity index (χ3v) is 7.53. The summed E-state index contributed by atoms with van der Waals surface area (Å²) in [5, 5.41) is 2.76. The summed E-state index contributed by atoms with van der Waals surface area (Å²) < 4.78 is 51.7. The molecular formula is C15H16F3N2OPS. The van der Waals surface area contributed by atoms with E-state index in [2.05, 4.69) is 10.1 Å². The van der Waals surface area contributed by atoms with Crippen molar-refractivity contribution in [3.05, 3.63) is 40.4 Å². The molecule has 3 rings (SSSR count). The summed E-state index contributed by atoms with van der Waals surface area (Å²) in [5.74, 6) is 0. The van der Waals surface area contributed by atoms with E-state index < -0.39 is 19.0 Å². The van der Waals surface area contributed by atoms with E-state index in [4.69, 9.17) is 0 Å². The predicted molar refractivity (Wildman–Crippen MR) is 87.0 cm³/mol. The van der Waals surface area contributed by atoms with Gasteiger partial charge in [0.15, 0.2) is 4.75 Å². The molecule has 1 aliphatic rings. The van der Waals surface area contributed by atoms with Gasteiger partial charge in [0.05, 0.1) is 11.3 Å². The van der Waals surface area contributed by atoms with E-state index in [0.717, 1.165) is 48.4 Å². The second kappa shape index (κ2) is 5.95. The van der Waals surface area contributed by atoms with Crippen LogP contribution in [0.25, 0.3) is 0 Å². The van der Waals surface area contributed by atoms with E-state index in [-0.39, 0.29) is 5.69 Å². The Morgan fingerprint density at radius 2 is 2.00 bits per heavy atom. The van der Waals surface area contributed by atoms with Gasteiger partial charge in [-0.1, -0.05) is 6.07 Å². The first-order valence-corrected chi connectivity index (χ1v) is 10.2. The lowest BCUT2D eigenvalue weighted by molar-refractivity contribution is -0.137. The number of anilines is 1. The van der Waals surface area contributed by atoms with Crippen LogP contribution in [0.2, 0.25) is 0 Å². The molecule has 0 unspecified atom stereocenters. The fourth-order valence-corrected chi connectivity index (χ4v) is 5.67. The summed E-state index contributed by atoms with van der Waals surface area (Å²) in [7, 11) is -3.05. The van der Waals surface area contributed by atoms with Crippen molar-refractivity contribution in [3.8, 4) is 0 Å². The number of aryl methyl sites for hydroxylation is 2. The van der Waals surface area contributed by atoms with Crippen molar-refractivity contribution in [2.24, 2.45) is 0 Å². The van der Waals surface area contributed by atoms with E-state index >= 15 is 0 Å². The van der Waals surface area contributed by atoms with Crippen LogP contribution < -0.4 is 9.84 Å². The van der Waals surface area contributed by atoms with Gasteiger partial charge >= 0.3 is 6.18 Å². The van der Waals surface area contributed by atoms with Crippen molar-refractivity contribution in [2.45, 2.75) is 31.9 Å². The smallest absolute Gasteiger partial charge is 0.331 e. The zero-order chi connectivity index (χ0) is 16.7. The molecule has 0 spiro atoms. The molecular weight excluding hydrogens is 344 g/mol. The second-order valence-electron chi connectivity index (χ2n) is 5.69. The summed E-state index contributed by atoms with van der Waals surface area (Å²) in [5.41, 5.74) is 0.420. The maximum Gasteiger partial charge on any atom is 0.416 e. The Morgan fingerprint density at radius 3 is 2.70 bits per heavy atom. The highest BCUT2D eigenvalue weighted by Gasteiger charge is 2.31. The third kappa shape index (κ3) is 3.61. The van der Waals surface area contributed by atoms with Gasteiger partial charge in [0.2, 0.25) is 7.29 Å². The van der Waals surface area contributed by atoms with E-state index in [1.165, 1.54) is 30.1 Å². The van der Waals surface area contributed by atoms with Gasteiger partial charge in [-0.2, -0.15) is 13.2 Å². The molecule has 124 valence electrons. The molecule has 1 aromatic heterocycles. The van der Waals surface area contributed by atoms with Crippen LogP contribution in [0.5, 0.6) is 0 Å². The topological polar surface area (TPSA) is 42.0 Å². The number of halogens is 3. The summed E-state index contributed by atoms with van der Waals surface area (Å²) in [6, 6.07) is 4.76. The van der Waals surface area contributed by atoms with Gasteiger partial charge in [-0.05, 0) is 43.9 Å². The summed E-state index contributed by atoms with van der Waals surface area (Å²) in [4.78, 5) is 5.61. The monoisotopic (exact) mass is 360 g/mol. The predicted octanol–water partition coefficient (Wildman–Crippen LogP) is 4.69. The van der Waals surface area contributed by atoms with Crippen molar-refractivity contribution in [3.63, 3.8) is 0 Å². The van der Waals surface area contributed by atoms with Gasteiger partial charge in [0, 0.05) is 17.2 Å². The van der Waals surface area contributed by atoms with Crippen LogP contribution in [0, 0.1) is 0 Å². The zero-order valence-electron chi connectivity index (χ0n) is 12.5. The van der Waals surface area contributed by atoms with Gasteiger partial charge in [-0.15, -0.1) is 11.3 Å². The zero-order valence-corrected chi connectivity index (χ0v) is 14.2. The van der Waals surface area contributed by atoms with Gasteiger partial charge in [0.1, 0.15) is 0 Å². The normalized spacial score (nSPS) is 17.4. The van der Waals surface area contributed by atoms with Gasteiger partial charge in [-0.3, -0.25) is 4.57 Å². The molecule has 0 aliphatic heterocycles. The highest BCUT2D eigenvalue weighted by atomic mass is 32.1. The Kier molecular flexibility index (Phi) is 4.27. The molecule has 0 saturated heterocycles. The Labute approximate surface area is 136 Å². The molecule has 1 aromatic carbocycles. The average molecular weight is 360 g/mol. The molecule has 1 heterocycles. The van der Waals surface area contributed by atoms with Crippen molar-refractivity contribution < 1.29 is 17.7 Å². The van der Waals surface area contributed by atoms with Crippen LogP contribution >= 0.6 is 18.6 Å². The average Bonchev–Trinajstić information content (AvgIpc) is 2.91. The third-order valence-electron chi connectivity index (χ3n) is 3.73. The number of hydrogen-bond donors (Lipinski definition) is 1. The molecule has 0 saturated carbocycles. The minimum atomic E-state index is -4.42. The van der Waals surface area contributed by atoms with Crippen molar-refractivity contribution in [1.29, 1.82) is 0 Å². The number of benzene rings is 1. The largest absolute Gasteiger partial charge is 0.416 e. The Balaban J connectivity index is 1.86. The fraction of sp³-hybridized carbons (Fsp3) is 0.400. The van der Waals surface area contributed by atoms with E-state index in [1.807, 2.05) is 0 Å². The van der Waals surface area contributed by atoms with Crippen LogP contribution in [0.3, 0.4) is 0 Å². The standard InChI is InChI=1S/C15H16F3N2OPS/c1-22(21,14-19-12-7-2-3-8-13(12)23-14)20-11-6-4-5-10(9-11)15(16,17)18/h4-6,9H,2-3,7-8H2,1H3,(H,20,21)/t22-/m1/s1. The molecule has 0 radical (unpaired) electrons. The van der Waals surface area contributed by atoms with Crippen LogP contribution in [0.1, 0.15) is 29.0 Å². The minimum absolute atomic E-state index is 0.193. The van der Waals surface area contributed by atoms with E-state index in [0.29, 0.717) is 4.75 Å². The minimum Gasteiger partial charge on any atom is -0.331 e. The fourth-order valence-electron chi connectivity index (χ4n) is 2.58. The van der Waals surface area contributed by atoms with Crippen molar-refractivity contribution in [1.82, 2.24) is 4.98 Å². The van der Waals surface area contributed by atoms with Crippen molar-refractivity contribution in [2.75, 3.05) is 11.8 Å². The number of alkyl halides is 3. The first kappa shape index (κ1) is 16.5. The summed E-state index contributed by atoms with van der Waals surface area (Å²) in [6.45, 7) is 1.51. The number of thiazole rings is 1.